The smallest absolute Gasteiger partial charge is 0.261 e. The fourth-order valence-corrected chi connectivity index (χ4v) is 2.11. The Hall–Kier alpha value is -2.69. The lowest BCUT2D eigenvalue weighted by Gasteiger charge is -2.09. The first-order valence-electron chi connectivity index (χ1n) is 6.13. The summed E-state index contributed by atoms with van der Waals surface area (Å²) in [7, 11) is 0. The summed E-state index contributed by atoms with van der Waals surface area (Å²) in [6.45, 7) is 0.195. The molecule has 0 atom stereocenters. The number of halogens is 1. The number of rotatable bonds is 2. The Morgan fingerprint density at radius 3 is 2.85 bits per heavy atom. The molecule has 0 radical (unpaired) electrons. The monoisotopic (exact) mass is 269 g/mol. The Kier molecular flexibility index (Phi) is 2.95. The molecule has 20 heavy (non-hydrogen) atoms. The van der Waals surface area contributed by atoms with E-state index >= 15 is 0 Å². The molecule has 1 heterocycles. The molecule has 0 saturated heterocycles. The van der Waals surface area contributed by atoms with Crippen molar-refractivity contribution in [3.63, 3.8) is 0 Å². The summed E-state index contributed by atoms with van der Waals surface area (Å²) in [6, 6.07) is 11.2. The van der Waals surface area contributed by atoms with Gasteiger partial charge in [0.2, 0.25) is 0 Å². The maximum Gasteiger partial charge on any atom is 0.261 e. The van der Waals surface area contributed by atoms with Gasteiger partial charge < -0.3 is 5.73 Å². The third-order valence-electron chi connectivity index (χ3n) is 3.18. The van der Waals surface area contributed by atoms with Crippen LogP contribution in [-0.4, -0.2) is 9.55 Å². The van der Waals surface area contributed by atoms with Gasteiger partial charge in [0.05, 0.1) is 23.8 Å². The summed E-state index contributed by atoms with van der Waals surface area (Å²) in [4.78, 5) is 16.5. The molecule has 3 rings (SSSR count). The highest BCUT2D eigenvalue weighted by molar-refractivity contribution is 5.76. The Bertz CT molecular complexity index is 842. The van der Waals surface area contributed by atoms with Crippen molar-refractivity contribution < 1.29 is 4.39 Å². The first-order chi connectivity index (χ1) is 9.65. The van der Waals surface area contributed by atoms with Crippen molar-refractivity contribution in [2.45, 2.75) is 6.54 Å². The Morgan fingerprint density at radius 2 is 2.00 bits per heavy atom. The highest BCUT2D eigenvalue weighted by atomic mass is 19.1. The Morgan fingerprint density at radius 1 is 1.20 bits per heavy atom. The van der Waals surface area contributed by atoms with E-state index in [1.807, 2.05) is 6.07 Å². The van der Waals surface area contributed by atoms with Crippen LogP contribution in [0.15, 0.2) is 53.6 Å². The number of hydrogen-bond acceptors (Lipinski definition) is 3. The van der Waals surface area contributed by atoms with Crippen LogP contribution in [0.2, 0.25) is 0 Å². The van der Waals surface area contributed by atoms with Gasteiger partial charge in [0.25, 0.3) is 5.56 Å². The zero-order valence-electron chi connectivity index (χ0n) is 10.6. The Balaban J connectivity index is 2.09. The van der Waals surface area contributed by atoms with Gasteiger partial charge in [-0.1, -0.05) is 12.1 Å². The van der Waals surface area contributed by atoms with Gasteiger partial charge in [0, 0.05) is 5.69 Å². The fourth-order valence-electron chi connectivity index (χ4n) is 2.11. The lowest BCUT2D eigenvalue weighted by atomic mass is 10.1. The quantitative estimate of drug-likeness (QED) is 0.725. The van der Waals surface area contributed by atoms with Crippen molar-refractivity contribution in [3.05, 3.63) is 70.5 Å². The topological polar surface area (TPSA) is 60.9 Å². The predicted molar refractivity (Wildman–Crippen MR) is 75.9 cm³/mol. The van der Waals surface area contributed by atoms with Gasteiger partial charge in [0.15, 0.2) is 0 Å². The molecule has 2 N–H and O–H groups in total. The summed E-state index contributed by atoms with van der Waals surface area (Å²) < 4.78 is 14.7. The maximum atomic E-state index is 13.2. The third-order valence-corrected chi connectivity index (χ3v) is 3.18. The summed E-state index contributed by atoms with van der Waals surface area (Å²) in [5.74, 6) is -0.379. The molecule has 0 amide bonds. The van der Waals surface area contributed by atoms with Crippen molar-refractivity contribution in [2.75, 3.05) is 5.73 Å². The summed E-state index contributed by atoms with van der Waals surface area (Å²) in [5, 5.41) is 0.532. The molecule has 2 aromatic carbocycles. The predicted octanol–water partition coefficient (Wildman–Crippen LogP) is 2.17. The number of fused-ring (bicyclic) bond motifs is 1. The van der Waals surface area contributed by atoms with Gasteiger partial charge in [-0.2, -0.15) is 0 Å². The number of benzene rings is 2. The molecule has 100 valence electrons. The number of nitrogen functional groups attached to an aromatic ring is 1. The van der Waals surface area contributed by atoms with E-state index in [-0.39, 0.29) is 17.9 Å². The van der Waals surface area contributed by atoms with Gasteiger partial charge in [-0.3, -0.25) is 9.36 Å². The first kappa shape index (κ1) is 12.3. The largest absolute Gasteiger partial charge is 0.398 e. The summed E-state index contributed by atoms with van der Waals surface area (Å²) >= 11 is 0. The average molecular weight is 269 g/mol. The molecule has 0 saturated carbocycles. The van der Waals surface area contributed by atoms with Crippen LogP contribution in [0.1, 0.15) is 5.56 Å². The van der Waals surface area contributed by atoms with Crippen LogP contribution in [0.3, 0.4) is 0 Å². The van der Waals surface area contributed by atoms with Crippen molar-refractivity contribution in [1.82, 2.24) is 9.55 Å². The van der Waals surface area contributed by atoms with Gasteiger partial charge >= 0.3 is 0 Å². The molecule has 3 aromatic rings. The minimum absolute atomic E-state index is 0.167. The van der Waals surface area contributed by atoms with Gasteiger partial charge in [0.1, 0.15) is 5.82 Å². The van der Waals surface area contributed by atoms with Gasteiger partial charge in [-0.15, -0.1) is 0 Å². The van der Waals surface area contributed by atoms with E-state index in [1.165, 1.54) is 29.1 Å². The molecular formula is C15H12FN3O. The average Bonchev–Trinajstić information content (AvgIpc) is 2.46. The van der Waals surface area contributed by atoms with Crippen molar-refractivity contribution in [3.8, 4) is 0 Å². The lowest BCUT2D eigenvalue weighted by Crippen LogP contribution is -2.21. The second-order valence-electron chi connectivity index (χ2n) is 4.54. The Labute approximate surface area is 114 Å². The highest BCUT2D eigenvalue weighted by Crippen LogP contribution is 2.14. The number of hydrogen-bond donors (Lipinski definition) is 1. The second kappa shape index (κ2) is 4.77. The number of nitrogens with zero attached hydrogens (tertiary/aromatic N) is 2. The number of aromatic nitrogens is 2. The number of anilines is 1. The molecule has 1 aromatic heterocycles. The zero-order valence-corrected chi connectivity index (χ0v) is 10.6. The SMILES string of the molecule is Nc1ccc(F)cc1Cn1cnc2ccccc2c1=O. The highest BCUT2D eigenvalue weighted by Gasteiger charge is 2.06. The van der Waals surface area contributed by atoms with Crippen molar-refractivity contribution in [1.29, 1.82) is 0 Å². The molecule has 4 nitrogen and oxygen atoms in total. The van der Waals surface area contributed by atoms with Crippen LogP contribution in [0.5, 0.6) is 0 Å². The van der Waals surface area contributed by atoms with Crippen LogP contribution in [0.25, 0.3) is 10.9 Å². The molecule has 0 aliphatic rings. The summed E-state index contributed by atoms with van der Waals surface area (Å²) in [5.41, 5.74) is 7.28. The summed E-state index contributed by atoms with van der Waals surface area (Å²) in [6.07, 6.45) is 1.45. The van der Waals surface area contributed by atoms with Crippen molar-refractivity contribution in [2.24, 2.45) is 0 Å². The van der Waals surface area contributed by atoms with E-state index in [1.54, 1.807) is 18.2 Å². The molecule has 0 bridgehead atoms. The standard InChI is InChI=1S/C15H12FN3O/c16-11-5-6-13(17)10(7-11)8-19-9-18-14-4-2-1-3-12(14)15(19)20/h1-7,9H,8,17H2. The van der Waals surface area contributed by atoms with E-state index in [2.05, 4.69) is 4.98 Å². The number of para-hydroxylation sites is 1. The normalized spacial score (nSPS) is 10.8. The third kappa shape index (κ3) is 2.14. The second-order valence-corrected chi connectivity index (χ2v) is 4.54. The minimum Gasteiger partial charge on any atom is -0.398 e. The molecule has 0 fully saturated rings. The fraction of sp³-hybridized carbons (Fsp3) is 0.0667. The van der Waals surface area contributed by atoms with E-state index in [9.17, 15) is 9.18 Å². The maximum absolute atomic E-state index is 13.2. The molecule has 0 aliphatic heterocycles. The van der Waals surface area contributed by atoms with Crippen LogP contribution < -0.4 is 11.3 Å². The van der Waals surface area contributed by atoms with Gasteiger partial charge in [-0.05, 0) is 35.9 Å². The van der Waals surface area contributed by atoms with Crippen LogP contribution in [0.4, 0.5) is 10.1 Å². The van der Waals surface area contributed by atoms with Crippen LogP contribution in [-0.2, 0) is 6.54 Å². The van der Waals surface area contributed by atoms with Crippen molar-refractivity contribution >= 4 is 16.6 Å². The van der Waals surface area contributed by atoms with E-state index in [4.69, 9.17) is 5.73 Å². The molecule has 0 spiro atoms. The first-order valence-corrected chi connectivity index (χ1v) is 6.13. The zero-order chi connectivity index (χ0) is 14.1. The van der Waals surface area contributed by atoms with Crippen LogP contribution >= 0.6 is 0 Å². The van der Waals surface area contributed by atoms with E-state index in [0.29, 0.717) is 22.2 Å². The van der Waals surface area contributed by atoms with Crippen LogP contribution in [0, 0.1) is 5.82 Å². The van der Waals surface area contributed by atoms with E-state index in [0.717, 1.165) is 0 Å². The molecular weight excluding hydrogens is 257 g/mol. The number of nitrogens with two attached hydrogens (primary N) is 1. The molecule has 5 heteroatoms. The minimum atomic E-state index is -0.379. The molecule has 0 aliphatic carbocycles. The van der Waals surface area contributed by atoms with E-state index < -0.39 is 0 Å². The lowest BCUT2D eigenvalue weighted by molar-refractivity contribution is 0.623. The van der Waals surface area contributed by atoms with Gasteiger partial charge in [-0.25, -0.2) is 9.37 Å². The molecule has 0 unspecified atom stereocenters.